The maximum Gasteiger partial charge on any atom is 0.409 e. The van der Waals surface area contributed by atoms with Crippen LogP contribution in [0.2, 0.25) is 0 Å². The second kappa shape index (κ2) is 6.02. The molecule has 1 aromatic rings. The lowest BCUT2D eigenvalue weighted by Gasteiger charge is -2.32. The van der Waals surface area contributed by atoms with E-state index in [-0.39, 0.29) is 5.75 Å². The summed E-state index contributed by atoms with van der Waals surface area (Å²) in [5.74, 6) is -0.287. The molecular formula is C11H17F3N4OS. The van der Waals surface area contributed by atoms with Gasteiger partial charge in [0.2, 0.25) is 11.1 Å². The summed E-state index contributed by atoms with van der Waals surface area (Å²) in [4.78, 5) is 15.6. The number of aryl methyl sites for hydroxylation is 1. The van der Waals surface area contributed by atoms with Crippen LogP contribution in [0.5, 0.6) is 0 Å². The molecule has 0 aliphatic heterocycles. The van der Waals surface area contributed by atoms with Gasteiger partial charge in [-0.15, -0.1) is 5.10 Å². The van der Waals surface area contributed by atoms with Gasteiger partial charge in [0.15, 0.2) is 0 Å². The van der Waals surface area contributed by atoms with Crippen molar-refractivity contribution in [2.24, 2.45) is 5.41 Å². The smallest absolute Gasteiger partial charge is 0.343 e. The Bertz CT molecular complexity index is 453. The van der Waals surface area contributed by atoms with Crippen molar-refractivity contribution in [2.45, 2.75) is 45.1 Å². The number of carbonyl (C=O) groups is 1. The minimum Gasteiger partial charge on any atom is -0.343 e. The monoisotopic (exact) mass is 310 g/mol. The van der Waals surface area contributed by atoms with Gasteiger partial charge in [0.25, 0.3) is 0 Å². The Morgan fingerprint density at radius 3 is 2.40 bits per heavy atom. The lowest BCUT2D eigenvalue weighted by molar-refractivity contribution is -0.180. The van der Waals surface area contributed by atoms with Gasteiger partial charge in [0.1, 0.15) is 11.9 Å². The van der Waals surface area contributed by atoms with Gasteiger partial charge in [-0.25, -0.2) is 4.98 Å². The first kappa shape index (κ1) is 16.8. The van der Waals surface area contributed by atoms with Crippen LogP contribution < -0.4 is 5.32 Å². The minimum absolute atomic E-state index is 0.167. The van der Waals surface area contributed by atoms with Crippen LogP contribution in [0.25, 0.3) is 0 Å². The van der Waals surface area contributed by atoms with Crippen LogP contribution in [0.4, 0.5) is 13.2 Å². The number of H-pyrrole nitrogens is 1. The molecule has 1 amide bonds. The molecule has 0 saturated carbocycles. The van der Waals surface area contributed by atoms with E-state index < -0.39 is 23.5 Å². The molecular weight excluding hydrogens is 293 g/mol. The Balaban J connectivity index is 2.59. The van der Waals surface area contributed by atoms with E-state index in [0.717, 1.165) is 11.8 Å². The summed E-state index contributed by atoms with van der Waals surface area (Å²) in [7, 11) is 0. The van der Waals surface area contributed by atoms with E-state index in [9.17, 15) is 18.0 Å². The molecule has 2 N–H and O–H groups in total. The highest BCUT2D eigenvalue weighted by molar-refractivity contribution is 7.99. The van der Waals surface area contributed by atoms with Crippen LogP contribution in [0.15, 0.2) is 5.16 Å². The molecule has 0 aromatic carbocycles. The number of aromatic nitrogens is 3. The summed E-state index contributed by atoms with van der Waals surface area (Å²) in [5, 5.41) is 8.73. The van der Waals surface area contributed by atoms with Crippen molar-refractivity contribution in [3.05, 3.63) is 5.82 Å². The number of nitrogens with one attached hydrogen (secondary N) is 2. The normalized spacial score (nSPS) is 14.2. The Labute approximate surface area is 119 Å². The molecule has 0 aliphatic rings. The van der Waals surface area contributed by atoms with Crippen LogP contribution in [0.3, 0.4) is 0 Å². The third-order valence-electron chi connectivity index (χ3n) is 2.41. The third-order valence-corrected chi connectivity index (χ3v) is 3.26. The summed E-state index contributed by atoms with van der Waals surface area (Å²) in [6, 6.07) is -1.89. The van der Waals surface area contributed by atoms with Crippen molar-refractivity contribution in [2.75, 3.05) is 5.75 Å². The van der Waals surface area contributed by atoms with Crippen molar-refractivity contribution >= 4 is 17.7 Å². The van der Waals surface area contributed by atoms with Crippen molar-refractivity contribution in [3.63, 3.8) is 0 Å². The minimum atomic E-state index is -4.49. The number of halogens is 3. The van der Waals surface area contributed by atoms with E-state index >= 15 is 0 Å². The van der Waals surface area contributed by atoms with Gasteiger partial charge >= 0.3 is 6.18 Å². The zero-order chi connectivity index (χ0) is 15.6. The topological polar surface area (TPSA) is 70.7 Å². The Morgan fingerprint density at radius 2 is 2.00 bits per heavy atom. The number of hydrogen-bond donors (Lipinski definition) is 2. The lowest BCUT2D eigenvalue weighted by atomic mass is 9.86. The van der Waals surface area contributed by atoms with Crippen LogP contribution in [-0.2, 0) is 4.79 Å². The molecule has 0 unspecified atom stereocenters. The number of thioether (sulfide) groups is 1. The van der Waals surface area contributed by atoms with E-state index in [4.69, 9.17) is 0 Å². The number of alkyl halides is 3. The molecule has 0 bridgehead atoms. The van der Waals surface area contributed by atoms with Gasteiger partial charge in [-0.2, -0.15) is 13.2 Å². The maximum atomic E-state index is 12.9. The molecule has 1 aromatic heterocycles. The molecule has 1 rings (SSSR count). The van der Waals surface area contributed by atoms with E-state index in [0.29, 0.717) is 11.0 Å². The fourth-order valence-corrected chi connectivity index (χ4v) is 2.16. The zero-order valence-corrected chi connectivity index (χ0v) is 12.4. The number of amides is 1. The lowest BCUT2D eigenvalue weighted by Crippen LogP contribution is -2.53. The maximum absolute atomic E-state index is 12.9. The highest BCUT2D eigenvalue weighted by Gasteiger charge is 2.47. The second-order valence-electron chi connectivity index (χ2n) is 5.40. The summed E-state index contributed by atoms with van der Waals surface area (Å²) in [6.07, 6.45) is -4.49. The quantitative estimate of drug-likeness (QED) is 0.837. The molecule has 5 nitrogen and oxygen atoms in total. The number of rotatable bonds is 4. The van der Waals surface area contributed by atoms with E-state index in [2.05, 4.69) is 15.2 Å². The SMILES string of the molecule is Cc1nc(SCC(=O)N[C@H](C(C)(C)C)C(F)(F)F)n[nH]1. The summed E-state index contributed by atoms with van der Waals surface area (Å²) < 4.78 is 38.7. The first-order valence-electron chi connectivity index (χ1n) is 5.88. The molecule has 0 fully saturated rings. The zero-order valence-electron chi connectivity index (χ0n) is 11.6. The van der Waals surface area contributed by atoms with Gasteiger partial charge < -0.3 is 5.32 Å². The van der Waals surface area contributed by atoms with Crippen LogP contribution in [-0.4, -0.2) is 39.1 Å². The molecule has 20 heavy (non-hydrogen) atoms. The van der Waals surface area contributed by atoms with Gasteiger partial charge in [0, 0.05) is 0 Å². The molecule has 114 valence electrons. The van der Waals surface area contributed by atoms with Crippen molar-refractivity contribution < 1.29 is 18.0 Å². The van der Waals surface area contributed by atoms with Crippen molar-refractivity contribution in [1.29, 1.82) is 0 Å². The predicted molar refractivity (Wildman–Crippen MR) is 69.3 cm³/mol. The van der Waals surface area contributed by atoms with Crippen molar-refractivity contribution in [3.8, 4) is 0 Å². The molecule has 0 saturated heterocycles. The average Bonchev–Trinajstić information content (AvgIpc) is 2.66. The molecule has 0 spiro atoms. The van der Waals surface area contributed by atoms with E-state index in [1.165, 1.54) is 20.8 Å². The van der Waals surface area contributed by atoms with Crippen molar-refractivity contribution in [1.82, 2.24) is 20.5 Å². The van der Waals surface area contributed by atoms with Crippen LogP contribution >= 0.6 is 11.8 Å². The molecule has 0 radical (unpaired) electrons. The predicted octanol–water partition coefficient (Wildman–Crippen LogP) is 2.30. The van der Waals surface area contributed by atoms with E-state index in [1.807, 2.05) is 5.32 Å². The average molecular weight is 310 g/mol. The summed E-state index contributed by atoms with van der Waals surface area (Å²) in [5.41, 5.74) is -1.11. The Morgan fingerprint density at radius 1 is 1.40 bits per heavy atom. The number of aromatic amines is 1. The number of carbonyl (C=O) groups excluding carboxylic acids is 1. The fraction of sp³-hybridized carbons (Fsp3) is 0.727. The second-order valence-corrected chi connectivity index (χ2v) is 6.34. The van der Waals surface area contributed by atoms with Gasteiger partial charge in [-0.05, 0) is 12.3 Å². The first-order valence-corrected chi connectivity index (χ1v) is 6.86. The molecule has 0 aliphatic carbocycles. The third kappa shape index (κ3) is 5.03. The van der Waals surface area contributed by atoms with E-state index in [1.54, 1.807) is 6.92 Å². The largest absolute Gasteiger partial charge is 0.409 e. The Kier molecular flexibility index (Phi) is 5.06. The summed E-state index contributed by atoms with van der Waals surface area (Å²) in [6.45, 7) is 5.97. The molecule has 1 heterocycles. The highest BCUT2D eigenvalue weighted by atomic mass is 32.2. The highest BCUT2D eigenvalue weighted by Crippen LogP contribution is 2.33. The Hall–Kier alpha value is -1.25. The fourth-order valence-electron chi connectivity index (χ4n) is 1.51. The number of nitrogens with zero attached hydrogens (tertiary/aromatic N) is 2. The first-order chi connectivity index (χ1) is 9.00. The van der Waals surface area contributed by atoms with Gasteiger partial charge in [-0.1, -0.05) is 32.5 Å². The standard InChI is InChI=1S/C11H17F3N4OS/c1-6-15-9(18-17-6)20-5-7(19)16-8(10(2,3)4)11(12,13)14/h8H,5H2,1-4H3,(H,16,19)(H,15,17,18)/t8-/m1/s1. The van der Waals surface area contributed by atoms with Gasteiger partial charge in [0.05, 0.1) is 5.75 Å². The van der Waals surface area contributed by atoms with Crippen LogP contribution in [0, 0.1) is 12.3 Å². The number of hydrogen-bond acceptors (Lipinski definition) is 4. The van der Waals surface area contributed by atoms with Crippen LogP contribution in [0.1, 0.15) is 26.6 Å². The molecule has 1 atom stereocenters. The molecule has 9 heteroatoms. The summed E-state index contributed by atoms with van der Waals surface area (Å²) >= 11 is 0.980. The van der Waals surface area contributed by atoms with Gasteiger partial charge in [-0.3, -0.25) is 9.89 Å².